The maximum atomic E-state index is 5.84. The molecule has 1 aliphatic heterocycles. The fourth-order valence-electron chi connectivity index (χ4n) is 2.99. The molecule has 4 atom stereocenters. The fourth-order valence-corrected chi connectivity index (χ4v) is 4.11. The first-order valence-electron chi connectivity index (χ1n) is 6.79. The Bertz CT molecular complexity index is 393. The summed E-state index contributed by atoms with van der Waals surface area (Å²) in [6.07, 6.45) is 1.34. The molecule has 1 aliphatic rings. The number of nitrogens with zero attached hydrogens (tertiary/aromatic N) is 2. The third kappa shape index (κ3) is 2.89. The van der Waals surface area contributed by atoms with Crippen molar-refractivity contribution in [1.82, 2.24) is 9.88 Å². The van der Waals surface area contributed by atoms with Gasteiger partial charge in [-0.3, -0.25) is 4.90 Å². The van der Waals surface area contributed by atoms with Crippen molar-refractivity contribution in [1.29, 1.82) is 0 Å². The number of aromatic nitrogens is 1. The van der Waals surface area contributed by atoms with E-state index < -0.39 is 0 Å². The number of alkyl halides is 1. The standard InChI is InChI=1S/C14H23ClN2S/c1-9-5-10(2)11(3)17(7-9)12(4)14-16-13(6-15)8-18-14/h8-12H,5-7H2,1-4H3. The molecule has 1 aromatic heterocycles. The molecule has 0 N–H and O–H groups in total. The Morgan fingerprint density at radius 2 is 2.22 bits per heavy atom. The van der Waals surface area contributed by atoms with Crippen LogP contribution in [0.2, 0.25) is 0 Å². The molecule has 1 fully saturated rings. The van der Waals surface area contributed by atoms with Crippen LogP contribution in [0.1, 0.15) is 50.9 Å². The van der Waals surface area contributed by atoms with Gasteiger partial charge in [0.25, 0.3) is 0 Å². The maximum absolute atomic E-state index is 5.84. The van der Waals surface area contributed by atoms with E-state index in [1.165, 1.54) is 18.0 Å². The SMILES string of the molecule is CC1CC(C)C(C)N(C(C)c2nc(CCl)cs2)C1. The summed E-state index contributed by atoms with van der Waals surface area (Å²) in [7, 11) is 0. The number of thiazole rings is 1. The smallest absolute Gasteiger partial charge is 0.110 e. The van der Waals surface area contributed by atoms with Crippen molar-refractivity contribution < 1.29 is 0 Å². The number of likely N-dealkylation sites (tertiary alicyclic amines) is 1. The molecular weight excluding hydrogens is 264 g/mol. The molecule has 2 rings (SSSR count). The van der Waals surface area contributed by atoms with Crippen molar-refractivity contribution in [2.75, 3.05) is 6.54 Å². The second-order valence-electron chi connectivity index (χ2n) is 5.74. The fraction of sp³-hybridized carbons (Fsp3) is 0.786. The highest BCUT2D eigenvalue weighted by molar-refractivity contribution is 7.09. The maximum Gasteiger partial charge on any atom is 0.110 e. The van der Waals surface area contributed by atoms with Gasteiger partial charge in [0.1, 0.15) is 5.01 Å². The van der Waals surface area contributed by atoms with Crippen molar-refractivity contribution in [3.63, 3.8) is 0 Å². The van der Waals surface area contributed by atoms with Crippen molar-refractivity contribution in [2.24, 2.45) is 11.8 Å². The number of halogens is 1. The zero-order chi connectivity index (χ0) is 13.3. The zero-order valence-corrected chi connectivity index (χ0v) is 13.3. The average Bonchev–Trinajstić information content (AvgIpc) is 2.81. The summed E-state index contributed by atoms with van der Waals surface area (Å²) < 4.78 is 0. The molecular formula is C14H23ClN2S. The molecule has 102 valence electrons. The second-order valence-corrected chi connectivity index (χ2v) is 6.90. The molecule has 0 amide bonds. The van der Waals surface area contributed by atoms with E-state index in [0.717, 1.165) is 17.5 Å². The predicted octanol–water partition coefficient (Wildman–Crippen LogP) is 4.31. The van der Waals surface area contributed by atoms with Gasteiger partial charge in [-0.25, -0.2) is 4.98 Å². The van der Waals surface area contributed by atoms with E-state index >= 15 is 0 Å². The largest absolute Gasteiger partial charge is 0.291 e. The van der Waals surface area contributed by atoms with Crippen LogP contribution in [0.4, 0.5) is 0 Å². The Kier molecular flexibility index (Phi) is 4.68. The highest BCUT2D eigenvalue weighted by atomic mass is 35.5. The summed E-state index contributed by atoms with van der Waals surface area (Å²) in [5, 5.41) is 3.29. The summed E-state index contributed by atoms with van der Waals surface area (Å²) in [4.78, 5) is 7.24. The Labute approximate surface area is 119 Å². The topological polar surface area (TPSA) is 16.1 Å². The molecule has 0 aromatic carbocycles. The normalized spacial score (nSPS) is 31.5. The highest BCUT2D eigenvalue weighted by Crippen LogP contribution is 2.34. The molecule has 0 saturated carbocycles. The van der Waals surface area contributed by atoms with Crippen LogP contribution in [0, 0.1) is 11.8 Å². The number of rotatable bonds is 3. The quantitative estimate of drug-likeness (QED) is 0.770. The van der Waals surface area contributed by atoms with E-state index in [2.05, 4.69) is 43.0 Å². The Hall–Kier alpha value is -0.120. The molecule has 0 spiro atoms. The van der Waals surface area contributed by atoms with Crippen LogP contribution in [0.15, 0.2) is 5.38 Å². The molecule has 4 unspecified atom stereocenters. The van der Waals surface area contributed by atoms with E-state index in [4.69, 9.17) is 11.6 Å². The Morgan fingerprint density at radius 1 is 1.50 bits per heavy atom. The minimum atomic E-state index is 0.409. The first-order chi connectivity index (χ1) is 8.52. The van der Waals surface area contributed by atoms with Gasteiger partial charge in [-0.15, -0.1) is 22.9 Å². The van der Waals surface area contributed by atoms with Crippen molar-refractivity contribution in [3.8, 4) is 0 Å². The molecule has 2 nitrogen and oxygen atoms in total. The average molecular weight is 287 g/mol. The van der Waals surface area contributed by atoms with Crippen LogP contribution >= 0.6 is 22.9 Å². The van der Waals surface area contributed by atoms with Gasteiger partial charge in [0.05, 0.1) is 17.6 Å². The lowest BCUT2D eigenvalue weighted by Crippen LogP contribution is -2.46. The summed E-state index contributed by atoms with van der Waals surface area (Å²) in [5.74, 6) is 2.07. The van der Waals surface area contributed by atoms with Gasteiger partial charge >= 0.3 is 0 Å². The lowest BCUT2D eigenvalue weighted by molar-refractivity contribution is 0.0460. The lowest BCUT2D eigenvalue weighted by Gasteiger charge is -2.43. The van der Waals surface area contributed by atoms with Gasteiger partial charge in [-0.05, 0) is 32.1 Å². The molecule has 4 heteroatoms. The van der Waals surface area contributed by atoms with Crippen molar-refractivity contribution in [3.05, 3.63) is 16.1 Å². The van der Waals surface area contributed by atoms with Crippen LogP contribution in [-0.4, -0.2) is 22.5 Å². The summed E-state index contributed by atoms with van der Waals surface area (Å²) in [6, 6.07) is 1.05. The monoisotopic (exact) mass is 286 g/mol. The zero-order valence-electron chi connectivity index (χ0n) is 11.7. The molecule has 2 heterocycles. The van der Waals surface area contributed by atoms with Crippen LogP contribution in [0.25, 0.3) is 0 Å². The van der Waals surface area contributed by atoms with Crippen molar-refractivity contribution in [2.45, 2.75) is 52.1 Å². The van der Waals surface area contributed by atoms with Gasteiger partial charge in [0.2, 0.25) is 0 Å². The van der Waals surface area contributed by atoms with Crippen LogP contribution in [0.5, 0.6) is 0 Å². The molecule has 0 radical (unpaired) electrons. The third-order valence-corrected chi connectivity index (χ3v) is 5.54. The van der Waals surface area contributed by atoms with Gasteiger partial charge < -0.3 is 0 Å². The van der Waals surface area contributed by atoms with Gasteiger partial charge in [0.15, 0.2) is 0 Å². The van der Waals surface area contributed by atoms with Crippen molar-refractivity contribution >= 4 is 22.9 Å². The molecule has 1 saturated heterocycles. The minimum absolute atomic E-state index is 0.409. The number of hydrogen-bond donors (Lipinski definition) is 0. The van der Waals surface area contributed by atoms with E-state index in [-0.39, 0.29) is 0 Å². The number of piperidine rings is 1. The first kappa shape index (κ1) is 14.3. The summed E-state index contributed by atoms with van der Waals surface area (Å²) in [5.41, 5.74) is 1.01. The van der Waals surface area contributed by atoms with E-state index in [1.807, 2.05) is 0 Å². The van der Waals surface area contributed by atoms with E-state index in [1.54, 1.807) is 11.3 Å². The van der Waals surface area contributed by atoms with E-state index in [9.17, 15) is 0 Å². The predicted molar refractivity (Wildman–Crippen MR) is 79.2 cm³/mol. The molecule has 18 heavy (non-hydrogen) atoms. The van der Waals surface area contributed by atoms with E-state index in [0.29, 0.717) is 18.0 Å². The highest BCUT2D eigenvalue weighted by Gasteiger charge is 2.33. The summed E-state index contributed by atoms with van der Waals surface area (Å²) in [6.45, 7) is 10.5. The molecule has 1 aromatic rings. The van der Waals surface area contributed by atoms with Gasteiger partial charge in [-0.2, -0.15) is 0 Å². The molecule has 0 bridgehead atoms. The van der Waals surface area contributed by atoms with Gasteiger partial charge in [-0.1, -0.05) is 13.8 Å². The molecule has 0 aliphatic carbocycles. The Morgan fingerprint density at radius 3 is 2.83 bits per heavy atom. The summed E-state index contributed by atoms with van der Waals surface area (Å²) >= 11 is 7.58. The van der Waals surface area contributed by atoms with Crippen LogP contribution in [0.3, 0.4) is 0 Å². The minimum Gasteiger partial charge on any atom is -0.291 e. The van der Waals surface area contributed by atoms with Crippen LogP contribution in [-0.2, 0) is 5.88 Å². The van der Waals surface area contributed by atoms with Gasteiger partial charge in [0, 0.05) is 18.0 Å². The lowest BCUT2D eigenvalue weighted by atomic mass is 9.85. The Balaban J connectivity index is 2.13. The number of hydrogen-bond acceptors (Lipinski definition) is 3. The first-order valence-corrected chi connectivity index (χ1v) is 8.20. The second kappa shape index (κ2) is 5.89. The third-order valence-electron chi connectivity index (χ3n) is 4.20. The van der Waals surface area contributed by atoms with Crippen LogP contribution < -0.4 is 0 Å².